The highest BCUT2D eigenvalue weighted by Gasteiger charge is 2.31. The van der Waals surface area contributed by atoms with E-state index >= 15 is 0 Å². The summed E-state index contributed by atoms with van der Waals surface area (Å²) >= 11 is 1.46. The summed E-state index contributed by atoms with van der Waals surface area (Å²) < 4.78 is 4.19. The fourth-order valence-corrected chi connectivity index (χ4v) is 4.90. The lowest BCUT2D eigenvalue weighted by atomic mass is 9.86. The SMILES string of the molecule is O=C(C1CCCCC1)N1CCC(c2nnsc2-c2ccncc2)CC1. The molecule has 1 amide bonds. The maximum absolute atomic E-state index is 12.7. The molecule has 25 heavy (non-hydrogen) atoms. The van der Waals surface area contributed by atoms with Crippen molar-refractivity contribution >= 4 is 17.4 Å². The van der Waals surface area contributed by atoms with Crippen LogP contribution in [-0.2, 0) is 4.79 Å². The van der Waals surface area contributed by atoms with E-state index in [9.17, 15) is 4.79 Å². The Morgan fingerprint density at radius 2 is 1.76 bits per heavy atom. The molecule has 0 bridgehead atoms. The topological polar surface area (TPSA) is 59.0 Å². The van der Waals surface area contributed by atoms with Gasteiger partial charge in [0, 0.05) is 37.3 Å². The quantitative estimate of drug-likeness (QED) is 0.837. The highest BCUT2D eigenvalue weighted by atomic mass is 32.1. The van der Waals surface area contributed by atoms with Crippen LogP contribution in [0.3, 0.4) is 0 Å². The van der Waals surface area contributed by atoms with Crippen molar-refractivity contribution in [3.63, 3.8) is 0 Å². The van der Waals surface area contributed by atoms with Gasteiger partial charge in [0.2, 0.25) is 5.91 Å². The predicted molar refractivity (Wildman–Crippen MR) is 98.3 cm³/mol. The van der Waals surface area contributed by atoms with Gasteiger partial charge in [-0.3, -0.25) is 9.78 Å². The predicted octanol–water partition coefficient (Wildman–Crippen LogP) is 3.89. The van der Waals surface area contributed by atoms with Crippen LogP contribution in [0.4, 0.5) is 0 Å². The monoisotopic (exact) mass is 356 g/mol. The second kappa shape index (κ2) is 7.60. The van der Waals surface area contributed by atoms with E-state index in [1.165, 1.54) is 30.8 Å². The molecular weight excluding hydrogens is 332 g/mol. The summed E-state index contributed by atoms with van der Waals surface area (Å²) in [5.74, 6) is 1.07. The van der Waals surface area contributed by atoms with Gasteiger partial charge in [-0.15, -0.1) is 5.10 Å². The maximum Gasteiger partial charge on any atom is 0.225 e. The number of nitrogens with zero attached hydrogens (tertiary/aromatic N) is 4. The van der Waals surface area contributed by atoms with Crippen LogP contribution in [0.2, 0.25) is 0 Å². The van der Waals surface area contributed by atoms with E-state index in [2.05, 4.69) is 19.5 Å². The van der Waals surface area contributed by atoms with Gasteiger partial charge in [0.05, 0.1) is 10.6 Å². The molecule has 0 atom stereocenters. The van der Waals surface area contributed by atoms with E-state index < -0.39 is 0 Å². The molecule has 2 fully saturated rings. The van der Waals surface area contributed by atoms with Crippen LogP contribution < -0.4 is 0 Å². The summed E-state index contributed by atoms with van der Waals surface area (Å²) in [5, 5.41) is 4.42. The molecular formula is C19H24N4OS. The van der Waals surface area contributed by atoms with Crippen LogP contribution in [0.5, 0.6) is 0 Å². The zero-order valence-corrected chi connectivity index (χ0v) is 15.2. The summed E-state index contributed by atoms with van der Waals surface area (Å²) in [4.78, 5) is 20.1. The molecule has 5 nitrogen and oxygen atoms in total. The van der Waals surface area contributed by atoms with Crippen molar-refractivity contribution in [1.82, 2.24) is 19.5 Å². The van der Waals surface area contributed by atoms with Crippen LogP contribution >= 0.6 is 11.5 Å². The number of hydrogen-bond acceptors (Lipinski definition) is 5. The molecule has 0 radical (unpaired) electrons. The molecule has 2 aliphatic rings. The third-order valence-corrected chi connectivity index (χ3v) is 6.39. The molecule has 2 aromatic rings. The molecule has 0 spiro atoms. The number of pyridine rings is 1. The normalized spacial score (nSPS) is 19.9. The molecule has 1 aliphatic carbocycles. The first kappa shape index (κ1) is 16.6. The molecule has 4 rings (SSSR count). The number of piperidine rings is 1. The molecule has 3 heterocycles. The lowest BCUT2D eigenvalue weighted by Gasteiger charge is -2.34. The number of amides is 1. The van der Waals surface area contributed by atoms with E-state index in [0.717, 1.165) is 54.9 Å². The Balaban J connectivity index is 1.41. The first-order valence-corrected chi connectivity index (χ1v) is 10.1. The van der Waals surface area contributed by atoms with Gasteiger partial charge in [-0.1, -0.05) is 23.8 Å². The largest absolute Gasteiger partial charge is 0.342 e. The van der Waals surface area contributed by atoms with Gasteiger partial charge in [0.15, 0.2) is 0 Å². The fourth-order valence-electron chi connectivity index (χ4n) is 4.15. The number of carbonyl (C=O) groups excluding carboxylic acids is 1. The minimum absolute atomic E-state index is 0.276. The lowest BCUT2D eigenvalue weighted by Crippen LogP contribution is -2.42. The van der Waals surface area contributed by atoms with E-state index in [4.69, 9.17) is 0 Å². The smallest absolute Gasteiger partial charge is 0.225 e. The van der Waals surface area contributed by atoms with Crippen LogP contribution in [0, 0.1) is 5.92 Å². The van der Waals surface area contributed by atoms with Gasteiger partial charge in [0.25, 0.3) is 0 Å². The molecule has 1 aliphatic heterocycles. The maximum atomic E-state index is 12.7. The summed E-state index contributed by atoms with van der Waals surface area (Å²) in [7, 11) is 0. The van der Waals surface area contributed by atoms with Crippen molar-refractivity contribution in [3.05, 3.63) is 30.2 Å². The standard InChI is InChI=1S/C19H24N4OS/c24-19(16-4-2-1-3-5-16)23-12-8-14(9-13-23)17-18(25-22-21-17)15-6-10-20-11-7-15/h6-7,10-11,14,16H,1-5,8-9,12-13H2. The highest BCUT2D eigenvalue weighted by Crippen LogP contribution is 2.36. The number of carbonyl (C=O) groups is 1. The van der Waals surface area contributed by atoms with E-state index in [1.54, 1.807) is 0 Å². The third-order valence-electron chi connectivity index (χ3n) is 5.60. The van der Waals surface area contributed by atoms with Gasteiger partial charge in [-0.05, 0) is 54.9 Å². The van der Waals surface area contributed by atoms with Crippen molar-refractivity contribution in [2.75, 3.05) is 13.1 Å². The second-order valence-corrected chi connectivity index (χ2v) is 7.91. The lowest BCUT2D eigenvalue weighted by molar-refractivity contribution is -0.137. The Morgan fingerprint density at radius 1 is 1.04 bits per heavy atom. The number of hydrogen-bond donors (Lipinski definition) is 0. The molecule has 1 saturated carbocycles. The van der Waals surface area contributed by atoms with E-state index in [-0.39, 0.29) is 5.92 Å². The Hall–Kier alpha value is -1.82. The number of rotatable bonds is 3. The van der Waals surface area contributed by atoms with E-state index in [1.807, 2.05) is 24.5 Å². The summed E-state index contributed by atoms with van der Waals surface area (Å²) in [6.07, 6.45) is 11.5. The Kier molecular flexibility index (Phi) is 5.06. The van der Waals surface area contributed by atoms with Crippen molar-refractivity contribution in [3.8, 4) is 10.4 Å². The van der Waals surface area contributed by atoms with Gasteiger partial charge in [-0.2, -0.15) is 0 Å². The zero-order chi connectivity index (χ0) is 17.1. The molecule has 0 N–H and O–H groups in total. The average molecular weight is 356 g/mol. The molecule has 0 unspecified atom stereocenters. The summed E-state index contributed by atoms with van der Waals surface area (Å²) in [6.45, 7) is 1.71. The highest BCUT2D eigenvalue weighted by molar-refractivity contribution is 7.09. The van der Waals surface area contributed by atoms with Crippen LogP contribution in [0.1, 0.15) is 56.6 Å². The first-order valence-electron chi connectivity index (χ1n) is 9.34. The molecule has 2 aromatic heterocycles. The molecule has 6 heteroatoms. The first-order chi connectivity index (χ1) is 12.3. The third kappa shape index (κ3) is 3.59. The van der Waals surface area contributed by atoms with Crippen molar-refractivity contribution in [2.45, 2.75) is 50.9 Å². The van der Waals surface area contributed by atoms with Crippen molar-refractivity contribution < 1.29 is 4.79 Å². The minimum atomic E-state index is 0.276. The van der Waals surface area contributed by atoms with Crippen LogP contribution in [0.15, 0.2) is 24.5 Å². The molecule has 1 saturated heterocycles. The van der Waals surface area contributed by atoms with Gasteiger partial charge < -0.3 is 4.90 Å². The number of aromatic nitrogens is 3. The zero-order valence-electron chi connectivity index (χ0n) is 14.4. The van der Waals surface area contributed by atoms with Gasteiger partial charge in [0.1, 0.15) is 0 Å². The Labute approximate surface area is 152 Å². The number of likely N-dealkylation sites (tertiary alicyclic amines) is 1. The van der Waals surface area contributed by atoms with E-state index in [0.29, 0.717) is 11.8 Å². The van der Waals surface area contributed by atoms with Gasteiger partial charge >= 0.3 is 0 Å². The van der Waals surface area contributed by atoms with Crippen LogP contribution in [-0.4, -0.2) is 38.5 Å². The second-order valence-electron chi connectivity index (χ2n) is 7.16. The minimum Gasteiger partial charge on any atom is -0.342 e. The Morgan fingerprint density at radius 3 is 2.48 bits per heavy atom. The fraction of sp³-hybridized carbons (Fsp3) is 0.579. The van der Waals surface area contributed by atoms with Crippen molar-refractivity contribution in [1.29, 1.82) is 0 Å². The van der Waals surface area contributed by atoms with Gasteiger partial charge in [-0.25, -0.2) is 0 Å². The summed E-state index contributed by atoms with van der Waals surface area (Å²) in [6, 6.07) is 4.03. The Bertz CT molecular complexity index is 703. The van der Waals surface area contributed by atoms with Crippen molar-refractivity contribution in [2.24, 2.45) is 5.92 Å². The van der Waals surface area contributed by atoms with Crippen LogP contribution in [0.25, 0.3) is 10.4 Å². The summed E-state index contributed by atoms with van der Waals surface area (Å²) in [5.41, 5.74) is 2.24. The molecule has 132 valence electrons. The molecule has 0 aromatic carbocycles. The average Bonchev–Trinajstić information content (AvgIpc) is 3.19.